The number of benzene rings is 2. The summed E-state index contributed by atoms with van der Waals surface area (Å²) in [6, 6.07) is 20.9. The molecule has 0 radical (unpaired) electrons. The first kappa shape index (κ1) is 32.4. The topological polar surface area (TPSA) is 70.9 Å². The van der Waals surface area contributed by atoms with Gasteiger partial charge in [0.05, 0.1) is 19.3 Å². The van der Waals surface area contributed by atoms with Gasteiger partial charge in [0, 0.05) is 37.3 Å². The van der Waals surface area contributed by atoms with Gasteiger partial charge in [-0.3, -0.25) is 4.90 Å². The lowest BCUT2D eigenvalue weighted by Gasteiger charge is -2.30. The van der Waals surface area contributed by atoms with Crippen molar-refractivity contribution in [1.82, 2.24) is 19.4 Å². The van der Waals surface area contributed by atoms with Gasteiger partial charge in [0.2, 0.25) is 5.88 Å². The Morgan fingerprint density at radius 2 is 1.73 bits per heavy atom. The van der Waals surface area contributed by atoms with E-state index >= 15 is 0 Å². The Morgan fingerprint density at radius 3 is 2.36 bits per heavy atom. The lowest BCUT2D eigenvalue weighted by atomic mass is 10.0. The van der Waals surface area contributed by atoms with E-state index in [2.05, 4.69) is 69.4 Å². The normalized spacial score (nSPS) is 17.4. The Hall–Kier alpha value is -2.95. The zero-order valence-electron chi connectivity index (χ0n) is 26.9. The molecule has 5 rings (SSSR count). The maximum atomic E-state index is 6.36. The molecule has 1 saturated heterocycles. The third-order valence-electron chi connectivity index (χ3n) is 7.51. The standard InChI is InChI=1S/C35H46N4O4S/c1-34(2,3)43-33-32-31(36-24-37-33)28(20-39(32)25-40-21-27-15-11-8-12-16-27)18-38(17-26-13-9-7-10-14-26)19-29(23-44-6)30-22-41-35(4,5)42-30/h7-16,20,24,29-30H,17-19,21-23,25H2,1-6H3/t29-,30+/m1/s1. The van der Waals surface area contributed by atoms with Crippen LogP contribution in [0.2, 0.25) is 0 Å². The number of rotatable bonds is 14. The molecule has 0 saturated carbocycles. The van der Waals surface area contributed by atoms with Crippen molar-refractivity contribution in [3.8, 4) is 5.88 Å². The Balaban J connectivity index is 1.46. The van der Waals surface area contributed by atoms with Crippen molar-refractivity contribution in [2.24, 2.45) is 5.92 Å². The van der Waals surface area contributed by atoms with E-state index in [4.69, 9.17) is 23.9 Å². The summed E-state index contributed by atoms with van der Waals surface area (Å²) in [4.78, 5) is 11.9. The summed E-state index contributed by atoms with van der Waals surface area (Å²) in [5.74, 6) is 1.29. The molecule has 236 valence electrons. The second kappa shape index (κ2) is 14.4. The highest BCUT2D eigenvalue weighted by Crippen LogP contribution is 2.32. The Labute approximate surface area is 266 Å². The molecule has 2 aromatic carbocycles. The molecule has 3 heterocycles. The minimum Gasteiger partial charge on any atom is -0.470 e. The second-order valence-electron chi connectivity index (χ2n) is 12.9. The molecule has 4 aromatic rings. The van der Waals surface area contributed by atoms with Crippen LogP contribution < -0.4 is 4.74 Å². The Bertz CT molecular complexity index is 1470. The average Bonchev–Trinajstić information content (AvgIpc) is 3.53. The number of aromatic nitrogens is 3. The van der Waals surface area contributed by atoms with Crippen molar-refractivity contribution < 1.29 is 18.9 Å². The zero-order valence-corrected chi connectivity index (χ0v) is 27.7. The summed E-state index contributed by atoms with van der Waals surface area (Å²) in [6.45, 7) is 13.9. The summed E-state index contributed by atoms with van der Waals surface area (Å²) in [6.07, 6.45) is 5.95. The Kier molecular flexibility index (Phi) is 10.6. The first-order valence-corrected chi connectivity index (χ1v) is 16.7. The molecule has 1 aliphatic heterocycles. The van der Waals surface area contributed by atoms with E-state index in [9.17, 15) is 0 Å². The minimum atomic E-state index is -0.556. The molecule has 8 nitrogen and oxygen atoms in total. The summed E-state index contributed by atoms with van der Waals surface area (Å²) in [5.41, 5.74) is 4.81. The molecule has 0 amide bonds. The van der Waals surface area contributed by atoms with Crippen molar-refractivity contribution >= 4 is 22.8 Å². The van der Waals surface area contributed by atoms with Crippen LogP contribution in [0, 0.1) is 5.92 Å². The number of fused-ring (bicyclic) bond motifs is 1. The fourth-order valence-corrected chi connectivity index (χ4v) is 6.38. The summed E-state index contributed by atoms with van der Waals surface area (Å²) in [7, 11) is 0. The number of nitrogens with zero attached hydrogens (tertiary/aromatic N) is 4. The molecule has 1 aliphatic rings. The van der Waals surface area contributed by atoms with Crippen LogP contribution in [-0.2, 0) is 40.6 Å². The van der Waals surface area contributed by atoms with E-state index in [1.54, 1.807) is 6.33 Å². The van der Waals surface area contributed by atoms with Gasteiger partial charge in [-0.1, -0.05) is 60.7 Å². The lowest BCUT2D eigenvalue weighted by molar-refractivity contribution is -0.144. The monoisotopic (exact) mass is 618 g/mol. The van der Waals surface area contributed by atoms with E-state index in [0.717, 1.165) is 41.0 Å². The van der Waals surface area contributed by atoms with Crippen molar-refractivity contribution in [1.29, 1.82) is 0 Å². The highest BCUT2D eigenvalue weighted by Gasteiger charge is 2.38. The summed E-state index contributed by atoms with van der Waals surface area (Å²) < 4.78 is 27.0. The molecular weight excluding hydrogens is 572 g/mol. The lowest BCUT2D eigenvalue weighted by Crippen LogP contribution is -2.38. The molecular formula is C35H46N4O4S. The first-order chi connectivity index (χ1) is 21.1. The van der Waals surface area contributed by atoms with E-state index < -0.39 is 11.4 Å². The van der Waals surface area contributed by atoms with Crippen molar-refractivity contribution in [3.63, 3.8) is 0 Å². The molecule has 0 bridgehead atoms. The summed E-state index contributed by atoms with van der Waals surface area (Å²) >= 11 is 1.85. The summed E-state index contributed by atoms with van der Waals surface area (Å²) in [5, 5.41) is 0. The quantitative estimate of drug-likeness (QED) is 0.151. The van der Waals surface area contributed by atoms with Crippen LogP contribution in [-0.4, -0.2) is 62.1 Å². The minimum absolute atomic E-state index is 0.0394. The van der Waals surface area contributed by atoms with Crippen LogP contribution in [0.4, 0.5) is 0 Å². The van der Waals surface area contributed by atoms with Crippen LogP contribution in [0.5, 0.6) is 5.88 Å². The van der Waals surface area contributed by atoms with Gasteiger partial charge in [0.25, 0.3) is 0 Å². The highest BCUT2D eigenvalue weighted by atomic mass is 32.2. The molecule has 44 heavy (non-hydrogen) atoms. The Morgan fingerprint density at radius 1 is 1.02 bits per heavy atom. The van der Waals surface area contributed by atoms with E-state index in [1.165, 1.54) is 5.56 Å². The molecule has 9 heteroatoms. The fraction of sp³-hybridized carbons (Fsp3) is 0.486. The van der Waals surface area contributed by atoms with Crippen molar-refractivity contribution in [3.05, 3.63) is 89.9 Å². The molecule has 2 atom stereocenters. The highest BCUT2D eigenvalue weighted by molar-refractivity contribution is 7.98. The maximum Gasteiger partial charge on any atom is 0.242 e. The van der Waals surface area contributed by atoms with Gasteiger partial charge in [-0.05, 0) is 57.8 Å². The second-order valence-corrected chi connectivity index (χ2v) is 13.8. The van der Waals surface area contributed by atoms with Crippen LogP contribution in [0.1, 0.15) is 51.3 Å². The van der Waals surface area contributed by atoms with Crippen LogP contribution in [0.25, 0.3) is 11.0 Å². The molecule has 0 spiro atoms. The maximum absolute atomic E-state index is 6.36. The smallest absolute Gasteiger partial charge is 0.242 e. The zero-order chi connectivity index (χ0) is 31.2. The number of thioether (sulfide) groups is 1. The third kappa shape index (κ3) is 8.82. The fourth-order valence-electron chi connectivity index (χ4n) is 5.63. The number of ether oxygens (including phenoxy) is 4. The van der Waals surface area contributed by atoms with Gasteiger partial charge >= 0.3 is 0 Å². The van der Waals surface area contributed by atoms with E-state index in [0.29, 0.717) is 38.3 Å². The van der Waals surface area contributed by atoms with Crippen LogP contribution in [0.3, 0.4) is 0 Å². The van der Waals surface area contributed by atoms with E-state index in [-0.39, 0.29) is 6.10 Å². The van der Waals surface area contributed by atoms with Crippen molar-refractivity contribution in [2.45, 2.75) is 78.5 Å². The van der Waals surface area contributed by atoms with Crippen LogP contribution >= 0.6 is 11.8 Å². The van der Waals surface area contributed by atoms with Crippen LogP contribution in [0.15, 0.2) is 73.2 Å². The molecule has 0 aliphatic carbocycles. The van der Waals surface area contributed by atoms with Gasteiger partial charge < -0.3 is 23.5 Å². The molecule has 1 fully saturated rings. The van der Waals surface area contributed by atoms with Gasteiger partial charge in [0.1, 0.15) is 29.7 Å². The largest absolute Gasteiger partial charge is 0.470 e. The molecule has 0 N–H and O–H groups in total. The van der Waals surface area contributed by atoms with E-state index in [1.807, 2.05) is 64.6 Å². The third-order valence-corrected chi connectivity index (χ3v) is 8.27. The average molecular weight is 619 g/mol. The predicted octanol–water partition coefficient (Wildman–Crippen LogP) is 6.92. The molecule has 0 unspecified atom stereocenters. The van der Waals surface area contributed by atoms with Gasteiger partial charge in [0.15, 0.2) is 5.79 Å². The van der Waals surface area contributed by atoms with Crippen molar-refractivity contribution in [2.75, 3.05) is 25.2 Å². The van der Waals surface area contributed by atoms with Gasteiger partial charge in [-0.25, -0.2) is 4.98 Å². The number of hydrogen-bond acceptors (Lipinski definition) is 8. The van der Waals surface area contributed by atoms with Gasteiger partial charge in [-0.15, -0.1) is 0 Å². The first-order valence-electron chi connectivity index (χ1n) is 15.3. The van der Waals surface area contributed by atoms with Gasteiger partial charge in [-0.2, -0.15) is 16.7 Å². The SMILES string of the molecule is CSC[C@@H](CN(Cc1ccccc1)Cc1cn(COCc2ccccc2)c2c(OC(C)(C)C)ncnc12)[C@@H]1COC(C)(C)O1. The number of hydrogen-bond donors (Lipinski definition) is 0. The molecule has 2 aromatic heterocycles. The predicted molar refractivity (Wildman–Crippen MR) is 176 cm³/mol.